The van der Waals surface area contributed by atoms with Gasteiger partial charge in [0.15, 0.2) is 0 Å². The van der Waals surface area contributed by atoms with Crippen LogP contribution in [0.1, 0.15) is 12.8 Å². The largest absolute Gasteiger partial charge is 0.385 e. The molecule has 68 valence electrons. The van der Waals surface area contributed by atoms with Crippen LogP contribution >= 0.6 is 0 Å². The van der Waals surface area contributed by atoms with Crippen LogP contribution < -0.4 is 0 Å². The summed E-state index contributed by atoms with van der Waals surface area (Å²) in [5, 5.41) is 0. The van der Waals surface area contributed by atoms with Crippen LogP contribution in [0, 0.1) is 0 Å². The first-order valence-electron chi connectivity index (χ1n) is 4.37. The first-order valence-corrected chi connectivity index (χ1v) is 4.37. The molecule has 0 aromatic heterocycles. The molecule has 0 bridgehead atoms. The summed E-state index contributed by atoms with van der Waals surface area (Å²) in [5.74, 6) is 0. The SMILES string of the molecule is COCCCO[C@H]1C=CC=CC1. The quantitative estimate of drug-likeness (QED) is 0.584. The van der Waals surface area contributed by atoms with Gasteiger partial charge < -0.3 is 9.47 Å². The van der Waals surface area contributed by atoms with Gasteiger partial charge in [-0.2, -0.15) is 0 Å². The third-order valence-electron chi connectivity index (χ3n) is 1.77. The predicted octanol–water partition coefficient (Wildman–Crippen LogP) is 1.92. The van der Waals surface area contributed by atoms with Gasteiger partial charge in [-0.3, -0.25) is 0 Å². The molecule has 0 unspecified atom stereocenters. The van der Waals surface area contributed by atoms with Crippen LogP contribution in [0.5, 0.6) is 0 Å². The molecule has 0 saturated heterocycles. The molecule has 0 aliphatic heterocycles. The van der Waals surface area contributed by atoms with Crippen molar-refractivity contribution < 1.29 is 9.47 Å². The van der Waals surface area contributed by atoms with Gasteiger partial charge in [0.25, 0.3) is 0 Å². The first-order chi connectivity index (χ1) is 5.93. The Morgan fingerprint density at radius 2 is 2.25 bits per heavy atom. The Kier molecular flexibility index (Phi) is 4.73. The highest BCUT2D eigenvalue weighted by Crippen LogP contribution is 2.07. The maximum atomic E-state index is 5.57. The van der Waals surface area contributed by atoms with E-state index in [1.54, 1.807) is 7.11 Å². The molecule has 0 radical (unpaired) electrons. The summed E-state index contributed by atoms with van der Waals surface area (Å²) >= 11 is 0. The van der Waals surface area contributed by atoms with Gasteiger partial charge in [0.2, 0.25) is 0 Å². The lowest BCUT2D eigenvalue weighted by atomic mass is 10.1. The van der Waals surface area contributed by atoms with Crippen LogP contribution in [0.15, 0.2) is 24.3 Å². The zero-order valence-electron chi connectivity index (χ0n) is 7.53. The minimum absolute atomic E-state index is 0.284. The van der Waals surface area contributed by atoms with Crippen LogP contribution in [0.2, 0.25) is 0 Å². The van der Waals surface area contributed by atoms with E-state index in [1.807, 2.05) is 6.08 Å². The van der Waals surface area contributed by atoms with Crippen molar-refractivity contribution in [3.8, 4) is 0 Å². The van der Waals surface area contributed by atoms with E-state index in [2.05, 4.69) is 18.2 Å². The molecule has 0 heterocycles. The standard InChI is InChI=1S/C10H16O2/c1-11-8-5-9-12-10-6-3-2-4-7-10/h2-4,6,10H,5,7-9H2,1H3/t10-/m0/s1. The van der Waals surface area contributed by atoms with Gasteiger partial charge in [0.05, 0.1) is 6.10 Å². The zero-order valence-corrected chi connectivity index (χ0v) is 7.53. The van der Waals surface area contributed by atoms with Gasteiger partial charge in [-0.1, -0.05) is 24.3 Å². The third-order valence-corrected chi connectivity index (χ3v) is 1.77. The molecule has 12 heavy (non-hydrogen) atoms. The summed E-state index contributed by atoms with van der Waals surface area (Å²) in [4.78, 5) is 0. The predicted molar refractivity (Wildman–Crippen MR) is 49.1 cm³/mol. The van der Waals surface area contributed by atoms with E-state index >= 15 is 0 Å². The fraction of sp³-hybridized carbons (Fsp3) is 0.600. The van der Waals surface area contributed by atoms with Gasteiger partial charge >= 0.3 is 0 Å². The van der Waals surface area contributed by atoms with Crippen molar-refractivity contribution in [3.63, 3.8) is 0 Å². The zero-order chi connectivity index (χ0) is 8.65. The number of allylic oxidation sites excluding steroid dienone is 2. The lowest BCUT2D eigenvalue weighted by Crippen LogP contribution is -2.12. The molecule has 2 heteroatoms. The molecule has 1 rings (SSSR count). The smallest absolute Gasteiger partial charge is 0.0793 e. The monoisotopic (exact) mass is 168 g/mol. The summed E-state index contributed by atoms with van der Waals surface area (Å²) in [6.45, 7) is 1.57. The molecule has 1 atom stereocenters. The van der Waals surface area contributed by atoms with Crippen molar-refractivity contribution in [2.24, 2.45) is 0 Å². The topological polar surface area (TPSA) is 18.5 Å². The highest BCUT2D eigenvalue weighted by atomic mass is 16.5. The Bertz CT molecular complexity index is 161. The average molecular weight is 168 g/mol. The van der Waals surface area contributed by atoms with Crippen LogP contribution in [0.3, 0.4) is 0 Å². The lowest BCUT2D eigenvalue weighted by molar-refractivity contribution is 0.0672. The van der Waals surface area contributed by atoms with Gasteiger partial charge in [-0.15, -0.1) is 0 Å². The second kappa shape index (κ2) is 5.98. The van der Waals surface area contributed by atoms with E-state index in [1.165, 1.54) is 0 Å². The number of ether oxygens (including phenoxy) is 2. The molecule has 0 amide bonds. The highest BCUT2D eigenvalue weighted by molar-refractivity contribution is 5.11. The fourth-order valence-electron chi connectivity index (χ4n) is 1.12. The maximum absolute atomic E-state index is 5.57. The van der Waals surface area contributed by atoms with Crippen molar-refractivity contribution in [1.82, 2.24) is 0 Å². The van der Waals surface area contributed by atoms with Crippen molar-refractivity contribution in [2.75, 3.05) is 20.3 Å². The highest BCUT2D eigenvalue weighted by Gasteiger charge is 2.03. The molecule has 1 aliphatic rings. The summed E-state index contributed by atoms with van der Waals surface area (Å²) in [5.41, 5.74) is 0. The minimum Gasteiger partial charge on any atom is -0.385 e. The maximum Gasteiger partial charge on any atom is 0.0793 e. The van der Waals surface area contributed by atoms with Crippen molar-refractivity contribution >= 4 is 0 Å². The number of hydrogen-bond donors (Lipinski definition) is 0. The van der Waals surface area contributed by atoms with E-state index in [9.17, 15) is 0 Å². The second-order valence-corrected chi connectivity index (χ2v) is 2.80. The van der Waals surface area contributed by atoms with Crippen LogP contribution in [-0.4, -0.2) is 26.4 Å². The van der Waals surface area contributed by atoms with E-state index in [-0.39, 0.29) is 6.10 Å². The van der Waals surface area contributed by atoms with Crippen LogP contribution in [0.4, 0.5) is 0 Å². The van der Waals surface area contributed by atoms with Crippen LogP contribution in [-0.2, 0) is 9.47 Å². The van der Waals surface area contributed by atoms with Crippen molar-refractivity contribution in [1.29, 1.82) is 0 Å². The third kappa shape index (κ3) is 3.69. The molecule has 0 aromatic rings. The normalized spacial score (nSPS) is 21.6. The van der Waals surface area contributed by atoms with E-state index in [0.717, 1.165) is 26.1 Å². The van der Waals surface area contributed by atoms with Gasteiger partial charge in [-0.25, -0.2) is 0 Å². The molecule has 2 nitrogen and oxygen atoms in total. The number of methoxy groups -OCH3 is 1. The Balaban J connectivity index is 2.00. The molecule has 0 aromatic carbocycles. The molecule has 1 aliphatic carbocycles. The average Bonchev–Trinajstić information content (AvgIpc) is 2.14. The van der Waals surface area contributed by atoms with E-state index in [0.29, 0.717) is 0 Å². The lowest BCUT2D eigenvalue weighted by Gasteiger charge is -2.13. The molecular formula is C10H16O2. The molecule has 0 spiro atoms. The fourth-order valence-corrected chi connectivity index (χ4v) is 1.12. The molecule has 0 N–H and O–H groups in total. The van der Waals surface area contributed by atoms with E-state index in [4.69, 9.17) is 9.47 Å². The Morgan fingerprint density at radius 1 is 1.33 bits per heavy atom. The van der Waals surface area contributed by atoms with Crippen molar-refractivity contribution in [3.05, 3.63) is 24.3 Å². The Morgan fingerprint density at radius 3 is 2.92 bits per heavy atom. The molecule has 0 saturated carbocycles. The summed E-state index contributed by atoms with van der Waals surface area (Å²) in [7, 11) is 1.71. The summed E-state index contributed by atoms with van der Waals surface area (Å²) in [6.07, 6.45) is 10.6. The Hall–Kier alpha value is -0.600. The summed E-state index contributed by atoms with van der Waals surface area (Å²) < 4.78 is 10.5. The second-order valence-electron chi connectivity index (χ2n) is 2.80. The summed E-state index contributed by atoms with van der Waals surface area (Å²) in [6, 6.07) is 0. The Labute approximate surface area is 73.9 Å². The minimum atomic E-state index is 0.284. The van der Waals surface area contributed by atoms with Gasteiger partial charge in [0, 0.05) is 20.3 Å². The number of rotatable bonds is 5. The first kappa shape index (κ1) is 9.49. The molecular weight excluding hydrogens is 152 g/mol. The van der Waals surface area contributed by atoms with E-state index < -0.39 is 0 Å². The molecule has 0 fully saturated rings. The number of hydrogen-bond acceptors (Lipinski definition) is 2. The van der Waals surface area contributed by atoms with Crippen molar-refractivity contribution in [2.45, 2.75) is 18.9 Å². The van der Waals surface area contributed by atoms with Gasteiger partial charge in [0.1, 0.15) is 0 Å². The van der Waals surface area contributed by atoms with Crippen LogP contribution in [0.25, 0.3) is 0 Å². The van der Waals surface area contributed by atoms with Gasteiger partial charge in [-0.05, 0) is 12.8 Å².